The van der Waals surface area contributed by atoms with E-state index in [2.05, 4.69) is 10.4 Å². The first kappa shape index (κ1) is 16.8. The zero-order valence-corrected chi connectivity index (χ0v) is 13.8. The van der Waals surface area contributed by atoms with Crippen molar-refractivity contribution < 1.29 is 14.7 Å². The first-order chi connectivity index (χ1) is 10.8. The Morgan fingerprint density at radius 2 is 1.91 bits per heavy atom. The molecule has 1 atom stereocenters. The molecule has 0 saturated heterocycles. The third-order valence-corrected chi connectivity index (χ3v) is 3.80. The fraction of sp³-hybridized carbons (Fsp3) is 0.438. The van der Waals surface area contributed by atoms with E-state index >= 15 is 0 Å². The second-order valence-corrected chi connectivity index (χ2v) is 5.76. The quantitative estimate of drug-likeness (QED) is 0.850. The van der Waals surface area contributed by atoms with Gasteiger partial charge in [-0.1, -0.05) is 0 Å². The van der Waals surface area contributed by atoms with Gasteiger partial charge < -0.3 is 15.0 Å². The van der Waals surface area contributed by atoms with Crippen molar-refractivity contribution in [2.24, 2.45) is 7.05 Å². The first-order valence-electron chi connectivity index (χ1n) is 7.51. The van der Waals surface area contributed by atoms with Crippen LogP contribution in [0.2, 0.25) is 0 Å². The Morgan fingerprint density at radius 1 is 1.30 bits per heavy atom. The van der Waals surface area contributed by atoms with Crippen LogP contribution < -0.4 is 5.32 Å². The molecule has 2 rings (SSSR count). The summed E-state index contributed by atoms with van der Waals surface area (Å²) in [6.45, 7) is 5.73. The van der Waals surface area contributed by atoms with Crippen LogP contribution in [0.3, 0.4) is 0 Å². The number of carbonyl (C=O) groups excluding carboxylic acids is 1. The van der Waals surface area contributed by atoms with Crippen molar-refractivity contribution >= 4 is 11.9 Å². The minimum absolute atomic E-state index is 0.0250. The molecule has 2 heterocycles. The van der Waals surface area contributed by atoms with E-state index in [0.717, 1.165) is 11.4 Å². The summed E-state index contributed by atoms with van der Waals surface area (Å²) in [5, 5.41) is 15.8. The van der Waals surface area contributed by atoms with Gasteiger partial charge in [-0.15, -0.1) is 0 Å². The second-order valence-electron chi connectivity index (χ2n) is 5.76. The molecule has 0 spiro atoms. The third-order valence-electron chi connectivity index (χ3n) is 3.80. The lowest BCUT2D eigenvalue weighted by Crippen LogP contribution is -2.33. The summed E-state index contributed by atoms with van der Waals surface area (Å²) in [4.78, 5) is 23.1. The highest BCUT2D eigenvalue weighted by Gasteiger charge is 2.21. The molecule has 0 aliphatic carbocycles. The van der Waals surface area contributed by atoms with E-state index in [4.69, 9.17) is 5.11 Å². The van der Waals surface area contributed by atoms with Gasteiger partial charge in [0.25, 0.3) is 5.91 Å². The summed E-state index contributed by atoms with van der Waals surface area (Å²) in [5.41, 5.74) is 2.50. The summed E-state index contributed by atoms with van der Waals surface area (Å²) in [6, 6.07) is 3.75. The molecule has 0 aliphatic rings. The highest BCUT2D eigenvalue weighted by Crippen LogP contribution is 2.20. The van der Waals surface area contributed by atoms with Gasteiger partial charge in [0.05, 0.1) is 6.20 Å². The molecule has 0 bridgehead atoms. The van der Waals surface area contributed by atoms with E-state index in [0.29, 0.717) is 17.8 Å². The molecule has 1 amide bonds. The van der Waals surface area contributed by atoms with E-state index in [-0.39, 0.29) is 18.4 Å². The number of nitrogens with one attached hydrogen (secondary N) is 1. The van der Waals surface area contributed by atoms with Crippen molar-refractivity contribution in [1.82, 2.24) is 19.7 Å². The lowest BCUT2D eigenvalue weighted by Gasteiger charge is -2.15. The predicted molar refractivity (Wildman–Crippen MR) is 85.8 cm³/mol. The van der Waals surface area contributed by atoms with Crippen molar-refractivity contribution in [3.63, 3.8) is 0 Å². The average molecular weight is 318 g/mol. The molecular formula is C16H22N4O3. The molecule has 7 heteroatoms. The van der Waals surface area contributed by atoms with E-state index in [9.17, 15) is 9.59 Å². The van der Waals surface area contributed by atoms with Gasteiger partial charge in [-0.05, 0) is 39.3 Å². The molecule has 0 radical (unpaired) electrons. The monoisotopic (exact) mass is 318 g/mol. The number of aliphatic carboxylic acids is 1. The van der Waals surface area contributed by atoms with Gasteiger partial charge in [0.1, 0.15) is 11.4 Å². The van der Waals surface area contributed by atoms with Crippen LogP contribution in [0.1, 0.15) is 41.5 Å². The zero-order valence-electron chi connectivity index (χ0n) is 13.8. The Labute approximate surface area is 134 Å². The maximum absolute atomic E-state index is 12.5. The van der Waals surface area contributed by atoms with E-state index in [1.807, 2.05) is 30.5 Å². The van der Waals surface area contributed by atoms with Gasteiger partial charge in [-0.2, -0.15) is 5.10 Å². The molecule has 0 aliphatic heterocycles. The molecule has 23 heavy (non-hydrogen) atoms. The number of rotatable bonds is 6. The maximum atomic E-state index is 12.5. The van der Waals surface area contributed by atoms with Crippen LogP contribution >= 0.6 is 0 Å². The molecule has 0 aromatic carbocycles. The summed E-state index contributed by atoms with van der Waals surface area (Å²) < 4.78 is 3.64. The van der Waals surface area contributed by atoms with Crippen molar-refractivity contribution in [3.05, 3.63) is 35.3 Å². The Kier molecular flexibility index (Phi) is 4.88. The van der Waals surface area contributed by atoms with Crippen molar-refractivity contribution in [1.29, 1.82) is 0 Å². The molecule has 2 aromatic rings. The van der Waals surface area contributed by atoms with Crippen LogP contribution in [0.15, 0.2) is 18.3 Å². The standard InChI is InChI=1S/C16H22N4O3/c1-10(5-8-14(21)22)18-15(23)13-9-17-19(4)16(13)20-11(2)6-7-12(20)3/h6-7,9-10H,5,8H2,1-4H3,(H,18,23)(H,21,22). The number of amides is 1. The van der Waals surface area contributed by atoms with Crippen LogP contribution in [0.25, 0.3) is 5.82 Å². The van der Waals surface area contributed by atoms with Crippen molar-refractivity contribution in [2.75, 3.05) is 0 Å². The number of carboxylic acids is 1. The van der Waals surface area contributed by atoms with Gasteiger partial charge in [0.15, 0.2) is 0 Å². The van der Waals surface area contributed by atoms with Gasteiger partial charge in [0, 0.05) is 30.9 Å². The fourth-order valence-electron chi connectivity index (χ4n) is 2.57. The molecule has 0 saturated carbocycles. The first-order valence-corrected chi connectivity index (χ1v) is 7.51. The highest BCUT2D eigenvalue weighted by molar-refractivity contribution is 5.97. The topological polar surface area (TPSA) is 89.2 Å². The number of nitrogens with zero attached hydrogens (tertiary/aromatic N) is 3. The number of hydrogen-bond acceptors (Lipinski definition) is 3. The summed E-state index contributed by atoms with van der Waals surface area (Å²) >= 11 is 0. The zero-order chi connectivity index (χ0) is 17.1. The number of aryl methyl sites for hydroxylation is 3. The lowest BCUT2D eigenvalue weighted by molar-refractivity contribution is -0.137. The SMILES string of the molecule is Cc1ccc(C)n1-c1c(C(=O)NC(C)CCC(=O)O)cnn1C. The molecule has 2 N–H and O–H groups in total. The van der Waals surface area contributed by atoms with Crippen LogP contribution in [-0.2, 0) is 11.8 Å². The molecule has 0 fully saturated rings. The summed E-state index contributed by atoms with van der Waals surface area (Å²) in [5.74, 6) is -0.418. The van der Waals surface area contributed by atoms with Crippen molar-refractivity contribution in [3.8, 4) is 5.82 Å². The maximum Gasteiger partial charge on any atom is 0.303 e. The average Bonchev–Trinajstić information content (AvgIpc) is 2.99. The van der Waals surface area contributed by atoms with E-state index in [1.54, 1.807) is 18.7 Å². The number of carboxylic acid groups (broad SMARTS) is 1. The van der Waals surface area contributed by atoms with Gasteiger partial charge >= 0.3 is 5.97 Å². The Balaban J connectivity index is 2.24. The minimum Gasteiger partial charge on any atom is -0.481 e. The van der Waals surface area contributed by atoms with Crippen LogP contribution in [0, 0.1) is 13.8 Å². The number of aromatic nitrogens is 3. The molecular weight excluding hydrogens is 296 g/mol. The lowest BCUT2D eigenvalue weighted by atomic mass is 10.1. The predicted octanol–water partition coefficient (Wildman–Crippen LogP) is 1.81. The van der Waals surface area contributed by atoms with E-state index in [1.165, 1.54) is 6.20 Å². The number of hydrogen-bond donors (Lipinski definition) is 2. The Bertz CT molecular complexity index is 710. The molecule has 2 aromatic heterocycles. The van der Waals surface area contributed by atoms with Gasteiger partial charge in [-0.3, -0.25) is 14.3 Å². The minimum atomic E-state index is -0.869. The van der Waals surface area contributed by atoms with Gasteiger partial charge in [-0.25, -0.2) is 0 Å². The Hall–Kier alpha value is -2.57. The second kappa shape index (κ2) is 6.68. The smallest absolute Gasteiger partial charge is 0.303 e. The summed E-state index contributed by atoms with van der Waals surface area (Å²) in [6.07, 6.45) is 1.95. The fourth-order valence-corrected chi connectivity index (χ4v) is 2.57. The molecule has 124 valence electrons. The van der Waals surface area contributed by atoms with Crippen LogP contribution in [-0.4, -0.2) is 37.4 Å². The van der Waals surface area contributed by atoms with Crippen LogP contribution in [0.4, 0.5) is 0 Å². The highest BCUT2D eigenvalue weighted by atomic mass is 16.4. The Morgan fingerprint density at radius 3 is 2.48 bits per heavy atom. The summed E-state index contributed by atoms with van der Waals surface area (Å²) in [7, 11) is 1.79. The normalized spacial score (nSPS) is 12.2. The number of carbonyl (C=O) groups is 2. The molecule has 7 nitrogen and oxygen atoms in total. The largest absolute Gasteiger partial charge is 0.481 e. The molecule has 1 unspecified atom stereocenters. The van der Waals surface area contributed by atoms with E-state index < -0.39 is 5.97 Å². The third kappa shape index (κ3) is 3.61. The van der Waals surface area contributed by atoms with Crippen molar-refractivity contribution in [2.45, 2.75) is 39.7 Å². The van der Waals surface area contributed by atoms with Gasteiger partial charge in [0.2, 0.25) is 0 Å². The van der Waals surface area contributed by atoms with Crippen LogP contribution in [0.5, 0.6) is 0 Å².